The van der Waals surface area contributed by atoms with E-state index in [9.17, 15) is 29.9 Å². The van der Waals surface area contributed by atoms with Gasteiger partial charge in [-0.05, 0) is 6.07 Å². The van der Waals surface area contributed by atoms with Crippen molar-refractivity contribution in [3.8, 4) is 11.3 Å². The molecule has 0 saturated carbocycles. The molecule has 1 aliphatic carbocycles. The molecule has 1 aromatic heterocycles. The third-order valence-corrected chi connectivity index (χ3v) is 4.72. The van der Waals surface area contributed by atoms with Crippen molar-refractivity contribution in [3.05, 3.63) is 74.1 Å². The minimum absolute atomic E-state index is 0.0224. The molecule has 3 aromatic rings. The van der Waals surface area contributed by atoms with Crippen LogP contribution in [0, 0.1) is 10.1 Å². The Morgan fingerprint density at radius 2 is 1.78 bits per heavy atom. The number of carbonyl (C=O) groups is 1. The van der Waals surface area contributed by atoms with Gasteiger partial charge in [0.25, 0.3) is 11.2 Å². The van der Waals surface area contributed by atoms with Crippen molar-refractivity contribution in [2.75, 3.05) is 6.61 Å². The molecule has 1 atom stereocenters. The normalized spacial score (nSPS) is 13.5. The number of aromatic nitrogens is 1. The van der Waals surface area contributed by atoms with Crippen molar-refractivity contribution in [1.82, 2.24) is 4.57 Å². The van der Waals surface area contributed by atoms with E-state index in [1.54, 1.807) is 24.3 Å². The smallest absolute Gasteiger partial charge is 0.270 e. The van der Waals surface area contributed by atoms with Crippen molar-refractivity contribution in [2.45, 2.75) is 12.6 Å². The van der Waals surface area contributed by atoms with E-state index in [1.165, 1.54) is 16.7 Å². The summed E-state index contributed by atoms with van der Waals surface area (Å²) in [5.74, 6) is -0.285. The molecule has 8 heteroatoms. The maximum absolute atomic E-state index is 13.1. The fourth-order valence-electron chi connectivity index (χ4n) is 3.53. The summed E-state index contributed by atoms with van der Waals surface area (Å²) in [7, 11) is 0. The molecule has 2 N–H and O–H groups in total. The van der Waals surface area contributed by atoms with Crippen LogP contribution >= 0.6 is 0 Å². The lowest BCUT2D eigenvalue weighted by Crippen LogP contribution is -2.30. The number of pyridine rings is 1. The average molecular weight is 366 g/mol. The number of aliphatic hydroxyl groups excluding tert-OH is 2. The van der Waals surface area contributed by atoms with Gasteiger partial charge < -0.3 is 14.8 Å². The summed E-state index contributed by atoms with van der Waals surface area (Å²) in [6.45, 7) is -0.804. The van der Waals surface area contributed by atoms with Crippen LogP contribution < -0.4 is 5.56 Å². The highest BCUT2D eigenvalue weighted by Crippen LogP contribution is 2.39. The zero-order valence-electron chi connectivity index (χ0n) is 14.0. The number of hydrogen-bond acceptors (Lipinski definition) is 6. The number of aliphatic hydroxyl groups is 2. The van der Waals surface area contributed by atoms with Gasteiger partial charge in [-0.25, -0.2) is 0 Å². The summed E-state index contributed by atoms with van der Waals surface area (Å²) in [6, 6.07) is 10.6. The van der Waals surface area contributed by atoms with Gasteiger partial charge in [0.1, 0.15) is 0 Å². The van der Waals surface area contributed by atoms with Crippen molar-refractivity contribution in [3.63, 3.8) is 0 Å². The van der Waals surface area contributed by atoms with Crippen LogP contribution in [0.5, 0.6) is 0 Å². The van der Waals surface area contributed by atoms with E-state index in [0.717, 1.165) is 6.07 Å². The molecule has 0 fully saturated rings. The van der Waals surface area contributed by atoms with Crippen LogP contribution in [0.1, 0.15) is 15.9 Å². The second kappa shape index (κ2) is 6.11. The van der Waals surface area contributed by atoms with E-state index in [2.05, 4.69) is 0 Å². The number of nitro groups is 1. The maximum Gasteiger partial charge on any atom is 0.270 e. The summed E-state index contributed by atoms with van der Waals surface area (Å²) in [4.78, 5) is 36.5. The maximum atomic E-state index is 13.1. The van der Waals surface area contributed by atoms with Crippen molar-refractivity contribution in [1.29, 1.82) is 0 Å². The number of nitro benzene ring substituents is 1. The molecule has 27 heavy (non-hydrogen) atoms. The van der Waals surface area contributed by atoms with Crippen LogP contribution in [0.3, 0.4) is 0 Å². The Bertz CT molecular complexity index is 1180. The number of fused-ring (bicyclic) bond motifs is 5. The van der Waals surface area contributed by atoms with Crippen LogP contribution in [-0.4, -0.2) is 38.2 Å². The van der Waals surface area contributed by atoms with Gasteiger partial charge in [0.15, 0.2) is 5.78 Å². The molecule has 8 nitrogen and oxygen atoms in total. The Hall–Kier alpha value is -3.36. The lowest BCUT2D eigenvalue weighted by atomic mass is 10.0. The number of carbonyl (C=O) groups excluding carboxylic acids is 1. The van der Waals surface area contributed by atoms with Gasteiger partial charge in [-0.3, -0.25) is 19.7 Å². The van der Waals surface area contributed by atoms with Gasteiger partial charge in [-0.2, -0.15) is 0 Å². The van der Waals surface area contributed by atoms with Crippen molar-refractivity contribution >= 4 is 22.2 Å². The van der Waals surface area contributed by atoms with Gasteiger partial charge in [0, 0.05) is 28.6 Å². The van der Waals surface area contributed by atoms with E-state index in [4.69, 9.17) is 0 Å². The quantitative estimate of drug-likeness (QED) is 0.417. The highest BCUT2D eigenvalue weighted by molar-refractivity contribution is 6.26. The Morgan fingerprint density at radius 1 is 1.07 bits per heavy atom. The van der Waals surface area contributed by atoms with Crippen LogP contribution in [0.4, 0.5) is 5.69 Å². The Kier molecular flexibility index (Phi) is 3.87. The molecule has 1 heterocycles. The predicted molar refractivity (Wildman–Crippen MR) is 96.8 cm³/mol. The van der Waals surface area contributed by atoms with E-state index < -0.39 is 23.2 Å². The fourth-order valence-corrected chi connectivity index (χ4v) is 3.53. The fraction of sp³-hybridized carbons (Fsp3) is 0.158. The average Bonchev–Trinajstić information content (AvgIpc) is 2.97. The Labute approximate surface area is 152 Å². The van der Waals surface area contributed by atoms with Crippen LogP contribution in [-0.2, 0) is 6.54 Å². The molecule has 2 aromatic carbocycles. The first-order valence-corrected chi connectivity index (χ1v) is 8.22. The van der Waals surface area contributed by atoms with E-state index in [1.807, 2.05) is 0 Å². The minimum Gasteiger partial charge on any atom is -0.394 e. The monoisotopic (exact) mass is 366 g/mol. The Balaban J connectivity index is 2.14. The lowest BCUT2D eigenvalue weighted by molar-refractivity contribution is -0.384. The zero-order chi connectivity index (χ0) is 19.3. The zero-order valence-corrected chi connectivity index (χ0v) is 14.0. The topological polar surface area (TPSA) is 123 Å². The van der Waals surface area contributed by atoms with Gasteiger partial charge in [0.2, 0.25) is 0 Å². The summed E-state index contributed by atoms with van der Waals surface area (Å²) in [5.41, 5.74) is 0.770. The number of benzene rings is 2. The van der Waals surface area contributed by atoms with Crippen LogP contribution in [0.15, 0.2) is 47.3 Å². The van der Waals surface area contributed by atoms with Gasteiger partial charge in [0.05, 0.1) is 40.8 Å². The first-order chi connectivity index (χ1) is 12.9. The van der Waals surface area contributed by atoms with Crippen LogP contribution in [0.25, 0.3) is 22.0 Å². The van der Waals surface area contributed by atoms with Gasteiger partial charge in [-0.15, -0.1) is 0 Å². The van der Waals surface area contributed by atoms with E-state index in [0.29, 0.717) is 22.2 Å². The highest BCUT2D eigenvalue weighted by atomic mass is 16.6. The summed E-state index contributed by atoms with van der Waals surface area (Å²) in [5, 5.41) is 30.5. The second-order valence-corrected chi connectivity index (χ2v) is 6.34. The molecule has 0 amide bonds. The highest BCUT2D eigenvalue weighted by Gasteiger charge is 2.33. The van der Waals surface area contributed by atoms with Gasteiger partial charge >= 0.3 is 0 Å². The number of nitrogens with zero attached hydrogens (tertiary/aromatic N) is 2. The second-order valence-electron chi connectivity index (χ2n) is 6.34. The minimum atomic E-state index is -1.22. The summed E-state index contributed by atoms with van der Waals surface area (Å²) in [6.07, 6.45) is -1.22. The van der Waals surface area contributed by atoms with E-state index >= 15 is 0 Å². The summed E-state index contributed by atoms with van der Waals surface area (Å²) < 4.78 is 1.21. The lowest BCUT2D eigenvalue weighted by Gasteiger charge is -2.17. The van der Waals surface area contributed by atoms with Crippen molar-refractivity contribution in [2.24, 2.45) is 0 Å². The Morgan fingerprint density at radius 3 is 2.44 bits per heavy atom. The molecule has 136 valence electrons. The number of ketones is 1. The molecule has 1 aliphatic rings. The summed E-state index contributed by atoms with van der Waals surface area (Å²) >= 11 is 0. The third-order valence-electron chi connectivity index (χ3n) is 4.72. The standard InChI is InChI=1S/C19H14N2O6/c22-9-11(23)8-20-17-13-3-1-2-4-14(13)18(24)16(17)12-6-5-10(21(26)27)7-15(12)19(20)25/h1-7,11,22-23H,8-9H2/t11-/m0/s1. The van der Waals surface area contributed by atoms with Gasteiger partial charge in [-0.1, -0.05) is 24.3 Å². The molecule has 0 unspecified atom stereocenters. The molecule has 0 aliphatic heterocycles. The molecule has 0 radical (unpaired) electrons. The number of non-ortho nitro benzene ring substituents is 1. The number of rotatable bonds is 4. The predicted octanol–water partition coefficient (Wildman–Crippen LogP) is 1.47. The first kappa shape index (κ1) is 17.1. The van der Waals surface area contributed by atoms with E-state index in [-0.39, 0.29) is 29.0 Å². The SMILES string of the molecule is O=C1c2ccccc2-c2c1c1ccc([N+](=O)[O-])cc1c(=O)n2C[C@H](O)CO. The third kappa shape index (κ3) is 2.46. The first-order valence-electron chi connectivity index (χ1n) is 8.22. The van der Waals surface area contributed by atoms with Crippen molar-refractivity contribution < 1.29 is 19.9 Å². The molecule has 0 saturated heterocycles. The number of hydrogen-bond donors (Lipinski definition) is 2. The molecule has 0 spiro atoms. The molecule has 0 bridgehead atoms. The largest absolute Gasteiger partial charge is 0.394 e. The molecular formula is C19H14N2O6. The molecule has 4 rings (SSSR count). The van der Waals surface area contributed by atoms with Crippen LogP contribution in [0.2, 0.25) is 0 Å². The molecular weight excluding hydrogens is 352 g/mol.